The van der Waals surface area contributed by atoms with Crippen molar-refractivity contribution in [3.05, 3.63) is 95.1 Å². The fraction of sp³-hybridized carbons (Fsp3) is 0.333. The summed E-state index contributed by atoms with van der Waals surface area (Å²) in [5.74, 6) is 1.60. The summed E-state index contributed by atoms with van der Waals surface area (Å²) in [5.41, 5.74) is 4.81. The number of aliphatic imine (C=N–C) groups is 2. The van der Waals surface area contributed by atoms with Gasteiger partial charge in [0.1, 0.15) is 0 Å². The number of ether oxygens (including phenoxy) is 2. The molecule has 2 aliphatic heterocycles. The predicted octanol–water partition coefficient (Wildman–Crippen LogP) is 3.86. The summed E-state index contributed by atoms with van der Waals surface area (Å²) in [5, 5.41) is 2.11. The van der Waals surface area contributed by atoms with Gasteiger partial charge in [0, 0.05) is 0 Å². The Morgan fingerprint density at radius 2 is 1.08 bits per heavy atom. The van der Waals surface area contributed by atoms with E-state index in [0.29, 0.717) is 43.1 Å². The number of benzene rings is 3. The summed E-state index contributed by atoms with van der Waals surface area (Å²) in [6.45, 7) is 9.77. The third-order valence-corrected chi connectivity index (χ3v) is 10.8. The monoisotopic (exact) mass is 612 g/mol. The van der Waals surface area contributed by atoms with Crippen LogP contribution in [0.4, 0.5) is 0 Å². The molecule has 0 spiro atoms. The van der Waals surface area contributed by atoms with Crippen molar-refractivity contribution in [3.8, 4) is 0 Å². The van der Waals surface area contributed by atoms with E-state index in [-0.39, 0.29) is 11.1 Å². The molecule has 0 atom stereocenters. The van der Waals surface area contributed by atoms with Gasteiger partial charge in [0.15, 0.2) is 0 Å². The number of nitrogens with zero attached hydrogens (tertiary/aromatic N) is 2. The second kappa shape index (κ2) is 10.6. The van der Waals surface area contributed by atoms with E-state index >= 15 is 0 Å². The Labute approximate surface area is 226 Å². The van der Waals surface area contributed by atoms with E-state index in [4.69, 9.17) is 19.5 Å². The summed E-state index contributed by atoms with van der Waals surface area (Å²) in [7, 11) is 0. The van der Waals surface area contributed by atoms with E-state index in [1.165, 1.54) is 20.1 Å². The summed E-state index contributed by atoms with van der Waals surface area (Å²) >= 11 is 0.604. The van der Waals surface area contributed by atoms with Gasteiger partial charge in [0.2, 0.25) is 0 Å². The molecule has 3 aromatic carbocycles. The third kappa shape index (κ3) is 6.12. The zero-order valence-corrected chi connectivity index (χ0v) is 24.7. The Balaban J connectivity index is 1.26. The Hall–Kier alpha value is -2.36. The molecule has 5 rings (SSSR count). The summed E-state index contributed by atoms with van der Waals surface area (Å²) in [6, 6.07) is 26.2. The number of rotatable bonds is 8. The minimum atomic E-state index is -0.142. The van der Waals surface area contributed by atoms with E-state index < -0.39 is 0 Å². The van der Waals surface area contributed by atoms with Crippen molar-refractivity contribution in [2.24, 2.45) is 9.98 Å². The number of hydrogen-bond donors (Lipinski definition) is 0. The van der Waals surface area contributed by atoms with E-state index in [1.807, 2.05) is 0 Å². The first kappa shape index (κ1) is 25.3. The molecule has 4 nitrogen and oxygen atoms in total. The van der Waals surface area contributed by atoms with Gasteiger partial charge in [-0.25, -0.2) is 0 Å². The second-order valence-electron chi connectivity index (χ2n) is 10.4. The fourth-order valence-electron chi connectivity index (χ4n) is 4.11. The molecule has 0 amide bonds. The molecule has 0 saturated heterocycles. The molecule has 0 unspecified atom stereocenters. The maximum atomic E-state index is 5.94. The van der Waals surface area contributed by atoms with E-state index in [2.05, 4.69) is 100 Å². The molecule has 0 radical (unpaired) electrons. The summed E-state index contributed by atoms with van der Waals surface area (Å²) in [6.07, 6.45) is 0. The molecule has 0 N–H and O–H groups in total. The zero-order chi connectivity index (χ0) is 25.2. The summed E-state index contributed by atoms with van der Waals surface area (Å²) < 4.78 is 14.6. The molecule has 186 valence electrons. The quantitative estimate of drug-likeness (QED) is 0.364. The van der Waals surface area contributed by atoms with Crippen molar-refractivity contribution >= 4 is 50.6 Å². The normalized spacial score (nSPS) is 17.8. The topological polar surface area (TPSA) is 43.2 Å². The Bertz CT molecular complexity index is 1220. The average Bonchev–Trinajstić information content (AvgIpc) is 3.42. The molecule has 2 aliphatic rings. The molecule has 0 aliphatic carbocycles. The van der Waals surface area contributed by atoms with Crippen LogP contribution < -0.4 is 8.92 Å². The van der Waals surface area contributed by atoms with Gasteiger partial charge in [-0.05, 0) is 0 Å². The Morgan fingerprint density at radius 3 is 1.50 bits per heavy atom. The molecule has 2 heterocycles. The zero-order valence-electron chi connectivity index (χ0n) is 21.3. The van der Waals surface area contributed by atoms with Gasteiger partial charge in [-0.1, -0.05) is 0 Å². The van der Waals surface area contributed by atoms with Crippen molar-refractivity contribution in [2.45, 2.75) is 49.4 Å². The van der Waals surface area contributed by atoms with Crippen LogP contribution in [0.1, 0.15) is 49.9 Å². The van der Waals surface area contributed by atoms with Crippen LogP contribution in [0.25, 0.3) is 0 Å². The minimum absolute atomic E-state index is 0.142. The first-order valence-electron chi connectivity index (χ1n) is 12.3. The van der Waals surface area contributed by atoms with Crippen molar-refractivity contribution < 1.29 is 9.47 Å². The molecular formula is C30H32N2O2Se2. The van der Waals surface area contributed by atoms with Crippen molar-refractivity contribution in [2.75, 3.05) is 13.2 Å². The van der Waals surface area contributed by atoms with Gasteiger partial charge >= 0.3 is 228 Å². The molecule has 0 aromatic heterocycles. The van der Waals surface area contributed by atoms with E-state index in [0.717, 1.165) is 33.6 Å². The van der Waals surface area contributed by atoms with E-state index in [1.54, 1.807) is 0 Å². The van der Waals surface area contributed by atoms with Gasteiger partial charge in [0.25, 0.3) is 0 Å². The molecule has 0 fully saturated rings. The predicted molar refractivity (Wildman–Crippen MR) is 151 cm³/mol. The molecule has 36 heavy (non-hydrogen) atoms. The third-order valence-electron chi connectivity index (χ3n) is 5.95. The van der Waals surface area contributed by atoms with Crippen LogP contribution in [-0.2, 0) is 20.1 Å². The SMILES string of the molecule is CC1(C)COC(c2ccccc2[Se]Cc2cccc(C[Se]c3ccccc3C3=NC(C)(C)CO3)c2)=N1. The van der Waals surface area contributed by atoms with Crippen LogP contribution in [0.3, 0.4) is 0 Å². The van der Waals surface area contributed by atoms with Gasteiger partial charge in [-0.2, -0.15) is 0 Å². The van der Waals surface area contributed by atoms with Crippen LogP contribution in [0.5, 0.6) is 0 Å². The van der Waals surface area contributed by atoms with Crippen molar-refractivity contribution in [1.29, 1.82) is 0 Å². The van der Waals surface area contributed by atoms with Crippen LogP contribution >= 0.6 is 0 Å². The fourth-order valence-corrected chi connectivity index (χ4v) is 8.26. The summed E-state index contributed by atoms with van der Waals surface area (Å²) in [4.78, 5) is 9.61. The van der Waals surface area contributed by atoms with Gasteiger partial charge in [-0.15, -0.1) is 0 Å². The molecule has 0 saturated carbocycles. The van der Waals surface area contributed by atoms with Crippen molar-refractivity contribution in [1.82, 2.24) is 0 Å². The second-order valence-corrected chi connectivity index (χ2v) is 14.7. The molecule has 0 bridgehead atoms. The molecular weight excluding hydrogens is 578 g/mol. The molecule has 3 aromatic rings. The van der Waals surface area contributed by atoms with Gasteiger partial charge < -0.3 is 0 Å². The molecule has 6 heteroatoms. The number of hydrogen-bond acceptors (Lipinski definition) is 4. The van der Waals surface area contributed by atoms with Gasteiger partial charge in [-0.3, -0.25) is 0 Å². The van der Waals surface area contributed by atoms with Crippen LogP contribution in [0.15, 0.2) is 82.8 Å². The Kier molecular flexibility index (Phi) is 7.42. The van der Waals surface area contributed by atoms with Crippen LogP contribution in [-0.4, -0.2) is 66.0 Å². The first-order chi connectivity index (χ1) is 17.3. The average molecular weight is 611 g/mol. The van der Waals surface area contributed by atoms with E-state index in [9.17, 15) is 0 Å². The standard InChI is InChI=1S/C30H32N2O2Se2/c1-29(2)19-33-27(31-29)23-12-5-7-14-25(23)35-17-21-10-9-11-22(16-21)18-36-26-15-8-6-13-24(26)28-32-30(3,4)20-34-28/h5-16H,17-20H2,1-4H3. The van der Waals surface area contributed by atoms with Crippen LogP contribution in [0.2, 0.25) is 0 Å². The van der Waals surface area contributed by atoms with Crippen molar-refractivity contribution in [3.63, 3.8) is 0 Å². The van der Waals surface area contributed by atoms with Crippen LogP contribution in [0, 0.1) is 0 Å². The first-order valence-corrected chi connectivity index (χ1v) is 16.4. The maximum absolute atomic E-state index is 5.94. The Morgan fingerprint density at radius 1 is 0.639 bits per heavy atom. The van der Waals surface area contributed by atoms with Gasteiger partial charge in [0.05, 0.1) is 0 Å².